The molecular formula is C14H17N3O2. The fourth-order valence-electron chi connectivity index (χ4n) is 2.52. The van der Waals surface area contributed by atoms with E-state index in [1.165, 1.54) is 0 Å². The SMILES string of the molecule is COc1ccc2c(N3CCNCC3)cc(=O)[nH]c2c1. The summed E-state index contributed by atoms with van der Waals surface area (Å²) < 4.78 is 5.20. The number of rotatable bonds is 2. The van der Waals surface area contributed by atoms with E-state index in [2.05, 4.69) is 15.2 Å². The van der Waals surface area contributed by atoms with Gasteiger partial charge in [0.15, 0.2) is 0 Å². The maximum Gasteiger partial charge on any atom is 0.250 e. The van der Waals surface area contributed by atoms with Crippen molar-refractivity contribution in [2.24, 2.45) is 0 Å². The first kappa shape index (κ1) is 12.0. The van der Waals surface area contributed by atoms with Gasteiger partial charge in [-0.25, -0.2) is 0 Å². The van der Waals surface area contributed by atoms with Crippen LogP contribution in [0.2, 0.25) is 0 Å². The summed E-state index contributed by atoms with van der Waals surface area (Å²) in [5.74, 6) is 0.751. The van der Waals surface area contributed by atoms with Crippen LogP contribution in [0.25, 0.3) is 10.9 Å². The van der Waals surface area contributed by atoms with Gasteiger partial charge in [0.2, 0.25) is 5.56 Å². The van der Waals surface area contributed by atoms with E-state index in [1.54, 1.807) is 13.2 Å². The monoisotopic (exact) mass is 259 g/mol. The summed E-state index contributed by atoms with van der Waals surface area (Å²) in [5.41, 5.74) is 1.75. The zero-order chi connectivity index (χ0) is 13.2. The molecule has 0 unspecified atom stereocenters. The minimum absolute atomic E-state index is 0.0747. The Labute approximate surface area is 111 Å². The molecule has 0 atom stereocenters. The Morgan fingerprint density at radius 3 is 2.74 bits per heavy atom. The van der Waals surface area contributed by atoms with Gasteiger partial charge >= 0.3 is 0 Å². The zero-order valence-electron chi connectivity index (χ0n) is 10.9. The second-order valence-electron chi connectivity index (χ2n) is 4.67. The highest BCUT2D eigenvalue weighted by atomic mass is 16.5. The highest BCUT2D eigenvalue weighted by molar-refractivity contribution is 5.92. The standard InChI is InChI=1S/C14H17N3O2/c1-19-10-2-3-11-12(8-10)16-14(18)9-13(11)17-6-4-15-5-7-17/h2-3,8-9,15H,4-7H2,1H3,(H,16,18). The Kier molecular flexibility index (Phi) is 3.13. The molecule has 19 heavy (non-hydrogen) atoms. The maximum atomic E-state index is 11.8. The van der Waals surface area contributed by atoms with Crippen molar-refractivity contribution in [1.82, 2.24) is 10.3 Å². The second kappa shape index (κ2) is 4.93. The van der Waals surface area contributed by atoms with Crippen molar-refractivity contribution < 1.29 is 4.74 Å². The average Bonchev–Trinajstić information content (AvgIpc) is 2.46. The van der Waals surface area contributed by atoms with Gasteiger partial charge < -0.3 is 19.9 Å². The van der Waals surface area contributed by atoms with Gasteiger partial charge in [-0.3, -0.25) is 4.79 Å². The molecule has 5 nitrogen and oxygen atoms in total. The molecule has 0 saturated carbocycles. The van der Waals surface area contributed by atoms with Crippen molar-refractivity contribution >= 4 is 16.6 Å². The Bertz CT molecular complexity index is 645. The molecule has 1 aliphatic rings. The van der Waals surface area contributed by atoms with Crippen LogP contribution in [0.3, 0.4) is 0 Å². The van der Waals surface area contributed by atoms with Gasteiger partial charge in [-0.05, 0) is 12.1 Å². The highest BCUT2D eigenvalue weighted by Gasteiger charge is 2.14. The number of nitrogens with one attached hydrogen (secondary N) is 2. The summed E-state index contributed by atoms with van der Waals surface area (Å²) in [6.45, 7) is 3.74. The number of ether oxygens (including phenoxy) is 1. The van der Waals surface area contributed by atoms with Crippen LogP contribution >= 0.6 is 0 Å². The van der Waals surface area contributed by atoms with Crippen LogP contribution in [0.5, 0.6) is 5.75 Å². The lowest BCUT2D eigenvalue weighted by Crippen LogP contribution is -2.43. The Balaban J connectivity index is 2.14. The van der Waals surface area contributed by atoms with E-state index in [-0.39, 0.29) is 5.56 Å². The van der Waals surface area contributed by atoms with Gasteiger partial charge in [-0.2, -0.15) is 0 Å². The number of methoxy groups -OCH3 is 1. The largest absolute Gasteiger partial charge is 0.497 e. The van der Waals surface area contributed by atoms with E-state index < -0.39 is 0 Å². The Morgan fingerprint density at radius 1 is 1.21 bits per heavy atom. The third-order valence-corrected chi connectivity index (χ3v) is 3.49. The molecule has 1 aliphatic heterocycles. The summed E-state index contributed by atoms with van der Waals surface area (Å²) in [6.07, 6.45) is 0. The van der Waals surface area contributed by atoms with Gasteiger partial charge in [-0.15, -0.1) is 0 Å². The molecule has 2 N–H and O–H groups in total. The lowest BCUT2D eigenvalue weighted by atomic mass is 10.1. The van der Waals surface area contributed by atoms with Gasteiger partial charge in [0.1, 0.15) is 5.75 Å². The van der Waals surface area contributed by atoms with Crippen LogP contribution in [0.4, 0.5) is 5.69 Å². The van der Waals surface area contributed by atoms with E-state index in [0.29, 0.717) is 0 Å². The predicted molar refractivity (Wildman–Crippen MR) is 76.2 cm³/mol. The van der Waals surface area contributed by atoms with Crippen LogP contribution in [0, 0.1) is 0 Å². The molecular weight excluding hydrogens is 242 g/mol. The number of aromatic nitrogens is 1. The first-order valence-electron chi connectivity index (χ1n) is 6.45. The highest BCUT2D eigenvalue weighted by Crippen LogP contribution is 2.27. The number of fused-ring (bicyclic) bond motifs is 1. The third-order valence-electron chi connectivity index (χ3n) is 3.49. The molecule has 0 bridgehead atoms. The van der Waals surface area contributed by atoms with Crippen molar-refractivity contribution in [2.45, 2.75) is 0 Å². The number of nitrogens with zero attached hydrogens (tertiary/aromatic N) is 1. The zero-order valence-corrected chi connectivity index (χ0v) is 10.9. The summed E-state index contributed by atoms with van der Waals surface area (Å²) in [7, 11) is 1.62. The summed E-state index contributed by atoms with van der Waals surface area (Å²) >= 11 is 0. The van der Waals surface area contributed by atoms with Gasteiger partial charge in [0.05, 0.1) is 18.3 Å². The van der Waals surface area contributed by atoms with E-state index >= 15 is 0 Å². The van der Waals surface area contributed by atoms with Crippen LogP contribution in [-0.4, -0.2) is 38.3 Å². The predicted octanol–water partition coefficient (Wildman–Crippen LogP) is 0.946. The maximum absolute atomic E-state index is 11.8. The lowest BCUT2D eigenvalue weighted by Gasteiger charge is -2.30. The Hall–Kier alpha value is -2.01. The molecule has 0 radical (unpaired) electrons. The molecule has 5 heteroatoms. The number of hydrogen-bond acceptors (Lipinski definition) is 4. The molecule has 2 aromatic rings. The van der Waals surface area contributed by atoms with Crippen molar-refractivity contribution in [2.75, 3.05) is 38.2 Å². The van der Waals surface area contributed by atoms with E-state index in [9.17, 15) is 4.79 Å². The number of H-pyrrole nitrogens is 1. The number of aromatic amines is 1. The molecule has 0 spiro atoms. The normalized spacial score (nSPS) is 15.7. The first-order valence-corrected chi connectivity index (χ1v) is 6.45. The first-order chi connectivity index (χ1) is 9.28. The van der Waals surface area contributed by atoms with Crippen molar-refractivity contribution in [3.05, 3.63) is 34.6 Å². The quantitative estimate of drug-likeness (QED) is 0.843. The van der Waals surface area contributed by atoms with Gasteiger partial charge in [-0.1, -0.05) is 0 Å². The molecule has 0 aliphatic carbocycles. The van der Waals surface area contributed by atoms with Crippen molar-refractivity contribution in [1.29, 1.82) is 0 Å². The topological polar surface area (TPSA) is 57.4 Å². The molecule has 1 aromatic carbocycles. The molecule has 1 aromatic heterocycles. The smallest absolute Gasteiger partial charge is 0.250 e. The lowest BCUT2D eigenvalue weighted by molar-refractivity contribution is 0.415. The summed E-state index contributed by atoms with van der Waals surface area (Å²) in [6, 6.07) is 7.47. The van der Waals surface area contributed by atoms with E-state index in [4.69, 9.17) is 4.74 Å². The fourth-order valence-corrected chi connectivity index (χ4v) is 2.52. The molecule has 1 fully saturated rings. The van der Waals surface area contributed by atoms with Crippen molar-refractivity contribution in [3.63, 3.8) is 0 Å². The van der Waals surface area contributed by atoms with E-state index in [0.717, 1.165) is 48.5 Å². The average molecular weight is 259 g/mol. The molecule has 0 amide bonds. The minimum Gasteiger partial charge on any atom is -0.497 e. The number of anilines is 1. The molecule has 2 heterocycles. The molecule has 1 saturated heterocycles. The van der Waals surface area contributed by atoms with Crippen LogP contribution < -0.4 is 20.5 Å². The summed E-state index contributed by atoms with van der Waals surface area (Å²) in [4.78, 5) is 16.9. The molecule has 3 rings (SSSR count). The number of piperazine rings is 1. The second-order valence-corrected chi connectivity index (χ2v) is 4.67. The van der Waals surface area contributed by atoms with Crippen LogP contribution in [-0.2, 0) is 0 Å². The third kappa shape index (κ3) is 2.29. The van der Waals surface area contributed by atoms with Crippen molar-refractivity contribution in [3.8, 4) is 5.75 Å². The van der Waals surface area contributed by atoms with Gasteiger partial charge in [0, 0.05) is 43.7 Å². The Morgan fingerprint density at radius 2 is 2.00 bits per heavy atom. The van der Waals surface area contributed by atoms with Crippen LogP contribution in [0.15, 0.2) is 29.1 Å². The van der Waals surface area contributed by atoms with E-state index in [1.807, 2.05) is 18.2 Å². The fraction of sp³-hybridized carbons (Fsp3) is 0.357. The summed E-state index contributed by atoms with van der Waals surface area (Å²) in [5, 5.41) is 4.38. The van der Waals surface area contributed by atoms with Crippen LogP contribution in [0.1, 0.15) is 0 Å². The number of benzene rings is 1. The number of hydrogen-bond donors (Lipinski definition) is 2. The van der Waals surface area contributed by atoms with Gasteiger partial charge in [0.25, 0.3) is 0 Å². The minimum atomic E-state index is -0.0747. The number of pyridine rings is 1. The molecule has 100 valence electrons.